The number of piperidine rings is 2. The fraction of sp³-hybridized carbons (Fsp3) is 0.737. The summed E-state index contributed by atoms with van der Waals surface area (Å²) in [5, 5.41) is 3.00. The third-order valence-corrected chi connectivity index (χ3v) is 5.49. The van der Waals surface area contributed by atoms with Crippen molar-refractivity contribution in [2.45, 2.75) is 38.3 Å². The quantitative estimate of drug-likeness (QED) is 0.760. The van der Waals surface area contributed by atoms with Crippen molar-refractivity contribution in [1.82, 2.24) is 15.1 Å². The van der Waals surface area contributed by atoms with Crippen LogP contribution in [0.25, 0.3) is 0 Å². The van der Waals surface area contributed by atoms with E-state index in [0.717, 1.165) is 45.6 Å². The number of nitrogens with one attached hydrogen (secondary N) is 1. The Kier molecular flexibility index (Phi) is 6.90. The number of hydrogen-bond acceptors (Lipinski definition) is 5. The summed E-state index contributed by atoms with van der Waals surface area (Å²) < 4.78 is 10.2. The molecule has 2 fully saturated rings. The first kappa shape index (κ1) is 18.4. The molecule has 0 aliphatic carbocycles. The third-order valence-electron chi connectivity index (χ3n) is 5.49. The Labute approximate surface area is 150 Å². The zero-order chi connectivity index (χ0) is 17.5. The van der Waals surface area contributed by atoms with Crippen molar-refractivity contribution < 1.29 is 13.9 Å². The topological polar surface area (TPSA) is 58.0 Å². The summed E-state index contributed by atoms with van der Waals surface area (Å²) in [5.41, 5.74) is 1.25. The van der Waals surface area contributed by atoms with Gasteiger partial charge in [0.25, 0.3) is 0 Å². The van der Waals surface area contributed by atoms with Gasteiger partial charge in [-0.2, -0.15) is 0 Å². The molecule has 1 N–H and O–H groups in total. The molecule has 1 amide bonds. The lowest BCUT2D eigenvalue weighted by Crippen LogP contribution is -2.50. The van der Waals surface area contributed by atoms with E-state index in [9.17, 15) is 4.79 Å². The van der Waals surface area contributed by atoms with Crippen LogP contribution in [-0.4, -0.2) is 68.2 Å². The Morgan fingerprint density at radius 1 is 1.32 bits per heavy atom. The summed E-state index contributed by atoms with van der Waals surface area (Å²) >= 11 is 0. The predicted molar refractivity (Wildman–Crippen MR) is 96.2 cm³/mol. The van der Waals surface area contributed by atoms with E-state index < -0.39 is 0 Å². The number of nitrogens with zero attached hydrogens (tertiary/aromatic N) is 2. The molecule has 1 atom stereocenters. The van der Waals surface area contributed by atoms with Crippen molar-refractivity contribution in [3.63, 3.8) is 0 Å². The molecule has 6 heteroatoms. The average Bonchev–Trinajstić information content (AvgIpc) is 3.16. The van der Waals surface area contributed by atoms with Gasteiger partial charge in [0.15, 0.2) is 0 Å². The molecule has 3 rings (SSSR count). The molecular weight excluding hydrogens is 318 g/mol. The second kappa shape index (κ2) is 9.36. The van der Waals surface area contributed by atoms with E-state index in [-0.39, 0.29) is 11.8 Å². The molecule has 3 heterocycles. The molecule has 0 spiro atoms. The number of amides is 1. The molecular formula is C19H31N3O3. The van der Waals surface area contributed by atoms with Crippen molar-refractivity contribution in [1.29, 1.82) is 0 Å². The molecule has 2 saturated heterocycles. The van der Waals surface area contributed by atoms with Gasteiger partial charge in [0.05, 0.1) is 25.1 Å². The third kappa shape index (κ3) is 5.30. The molecule has 0 saturated carbocycles. The maximum absolute atomic E-state index is 12.3. The van der Waals surface area contributed by atoms with E-state index in [2.05, 4.69) is 15.1 Å². The maximum Gasteiger partial charge on any atom is 0.224 e. The highest BCUT2D eigenvalue weighted by Gasteiger charge is 2.31. The van der Waals surface area contributed by atoms with Crippen molar-refractivity contribution >= 4 is 5.91 Å². The standard InChI is InChI=1S/C19H31N3O3/c1-24-12-7-20-19(23)17-3-2-8-22(14-17)18-4-9-21(10-5-18)13-16-6-11-25-15-16/h6,11,15,17-18H,2-5,7-10,12-14H2,1H3,(H,20,23). The molecule has 1 aromatic rings. The second-order valence-electron chi connectivity index (χ2n) is 7.26. The first-order chi connectivity index (χ1) is 12.3. The monoisotopic (exact) mass is 349 g/mol. The largest absolute Gasteiger partial charge is 0.472 e. The number of carbonyl (C=O) groups is 1. The number of hydrogen-bond donors (Lipinski definition) is 1. The first-order valence-corrected chi connectivity index (χ1v) is 9.50. The lowest BCUT2D eigenvalue weighted by Gasteiger charge is -2.42. The Balaban J connectivity index is 1.42. The van der Waals surface area contributed by atoms with Gasteiger partial charge in [0, 0.05) is 38.3 Å². The fourth-order valence-corrected chi connectivity index (χ4v) is 4.06. The van der Waals surface area contributed by atoms with Crippen LogP contribution in [0.5, 0.6) is 0 Å². The molecule has 2 aliphatic rings. The maximum atomic E-state index is 12.3. The van der Waals surface area contributed by atoms with Crippen LogP contribution in [0.15, 0.2) is 23.0 Å². The second-order valence-corrected chi connectivity index (χ2v) is 7.26. The molecule has 1 aromatic heterocycles. The number of methoxy groups -OCH3 is 1. The van der Waals surface area contributed by atoms with Crippen LogP contribution < -0.4 is 5.32 Å². The van der Waals surface area contributed by atoms with Crippen LogP contribution in [0.3, 0.4) is 0 Å². The summed E-state index contributed by atoms with van der Waals surface area (Å²) in [7, 11) is 1.66. The van der Waals surface area contributed by atoms with Crippen LogP contribution in [0.1, 0.15) is 31.2 Å². The molecule has 0 bridgehead atoms. The Hall–Kier alpha value is -1.37. The summed E-state index contributed by atoms with van der Waals surface area (Å²) in [4.78, 5) is 17.4. The minimum absolute atomic E-state index is 0.134. The smallest absolute Gasteiger partial charge is 0.224 e. The molecule has 1 unspecified atom stereocenters. The highest BCUT2D eigenvalue weighted by Crippen LogP contribution is 2.24. The lowest BCUT2D eigenvalue weighted by molar-refractivity contribution is -0.127. The minimum atomic E-state index is 0.134. The number of likely N-dealkylation sites (tertiary alicyclic amines) is 2. The predicted octanol–water partition coefficient (Wildman–Crippen LogP) is 1.72. The van der Waals surface area contributed by atoms with Crippen LogP contribution in [0.4, 0.5) is 0 Å². The Morgan fingerprint density at radius 3 is 2.88 bits per heavy atom. The summed E-state index contributed by atoms with van der Waals surface area (Å²) in [6, 6.07) is 2.67. The fourth-order valence-electron chi connectivity index (χ4n) is 4.06. The van der Waals surface area contributed by atoms with E-state index >= 15 is 0 Å². The summed E-state index contributed by atoms with van der Waals surface area (Å²) in [6.45, 7) is 6.46. The average molecular weight is 349 g/mol. The Morgan fingerprint density at radius 2 is 2.16 bits per heavy atom. The highest BCUT2D eigenvalue weighted by atomic mass is 16.5. The van der Waals surface area contributed by atoms with Gasteiger partial charge in [-0.05, 0) is 51.4 Å². The van der Waals surface area contributed by atoms with Gasteiger partial charge in [0.2, 0.25) is 5.91 Å². The number of carbonyl (C=O) groups excluding carboxylic acids is 1. The normalized spacial score (nSPS) is 23.6. The molecule has 0 radical (unpaired) electrons. The van der Waals surface area contributed by atoms with E-state index in [1.165, 1.54) is 18.4 Å². The lowest BCUT2D eigenvalue weighted by atomic mass is 9.93. The summed E-state index contributed by atoms with van der Waals surface area (Å²) in [5.74, 6) is 0.328. The number of furan rings is 1. The highest BCUT2D eigenvalue weighted by molar-refractivity contribution is 5.78. The minimum Gasteiger partial charge on any atom is -0.472 e. The van der Waals surface area contributed by atoms with E-state index in [4.69, 9.17) is 9.15 Å². The van der Waals surface area contributed by atoms with E-state index in [1.54, 1.807) is 13.4 Å². The molecule has 25 heavy (non-hydrogen) atoms. The Bertz CT molecular complexity index is 512. The number of ether oxygens (including phenoxy) is 1. The molecule has 6 nitrogen and oxygen atoms in total. The molecule has 2 aliphatic heterocycles. The van der Waals surface area contributed by atoms with Crippen LogP contribution in [0.2, 0.25) is 0 Å². The molecule has 0 aromatic carbocycles. The van der Waals surface area contributed by atoms with Gasteiger partial charge in [-0.1, -0.05) is 0 Å². The van der Waals surface area contributed by atoms with Crippen LogP contribution in [0, 0.1) is 5.92 Å². The van der Waals surface area contributed by atoms with Gasteiger partial charge < -0.3 is 14.5 Å². The summed E-state index contributed by atoms with van der Waals surface area (Å²) in [6.07, 6.45) is 8.09. The van der Waals surface area contributed by atoms with Crippen LogP contribution in [-0.2, 0) is 16.1 Å². The van der Waals surface area contributed by atoms with Crippen molar-refractivity contribution in [2.24, 2.45) is 5.92 Å². The van der Waals surface area contributed by atoms with Gasteiger partial charge in [-0.25, -0.2) is 0 Å². The first-order valence-electron chi connectivity index (χ1n) is 9.50. The van der Waals surface area contributed by atoms with Gasteiger partial charge >= 0.3 is 0 Å². The van der Waals surface area contributed by atoms with E-state index in [1.807, 2.05) is 12.3 Å². The van der Waals surface area contributed by atoms with Gasteiger partial charge in [0.1, 0.15) is 0 Å². The van der Waals surface area contributed by atoms with Gasteiger partial charge in [-0.3, -0.25) is 14.6 Å². The SMILES string of the molecule is COCCNC(=O)C1CCCN(C2CCN(Cc3ccoc3)CC2)C1. The zero-order valence-electron chi connectivity index (χ0n) is 15.3. The van der Waals surface area contributed by atoms with Crippen molar-refractivity contribution in [3.05, 3.63) is 24.2 Å². The van der Waals surface area contributed by atoms with E-state index in [0.29, 0.717) is 19.2 Å². The number of rotatable bonds is 7. The van der Waals surface area contributed by atoms with Gasteiger partial charge in [-0.15, -0.1) is 0 Å². The van der Waals surface area contributed by atoms with Crippen molar-refractivity contribution in [2.75, 3.05) is 46.4 Å². The van der Waals surface area contributed by atoms with Crippen LogP contribution >= 0.6 is 0 Å². The zero-order valence-corrected chi connectivity index (χ0v) is 15.3. The molecule has 140 valence electrons. The van der Waals surface area contributed by atoms with Crippen molar-refractivity contribution in [3.8, 4) is 0 Å².